The van der Waals surface area contributed by atoms with Crippen LogP contribution in [0.3, 0.4) is 0 Å². The molecule has 0 aromatic carbocycles. The van der Waals surface area contributed by atoms with Gasteiger partial charge in [-0.25, -0.2) is 4.39 Å². The van der Waals surface area contributed by atoms with Crippen molar-refractivity contribution in [2.24, 2.45) is 17.8 Å². The second-order valence-corrected chi connectivity index (χ2v) is 4.44. The first kappa shape index (κ1) is 7.57. The smallest absolute Gasteiger partial charge is 0.103 e. The summed E-state index contributed by atoms with van der Waals surface area (Å²) in [5.74, 6) is 1.86. The van der Waals surface area contributed by atoms with Crippen molar-refractivity contribution < 1.29 is 4.39 Å². The number of halogens is 1. The minimum Gasteiger partial charge on any atom is -0.247 e. The van der Waals surface area contributed by atoms with Gasteiger partial charge in [-0.15, -0.1) is 0 Å². The van der Waals surface area contributed by atoms with Crippen LogP contribution in [0, 0.1) is 17.8 Å². The summed E-state index contributed by atoms with van der Waals surface area (Å²) in [5, 5.41) is 0. The Morgan fingerprint density at radius 3 is 2.36 bits per heavy atom. The van der Waals surface area contributed by atoms with E-state index in [0.29, 0.717) is 11.8 Å². The highest BCUT2D eigenvalue weighted by Crippen LogP contribution is 2.46. The molecule has 0 heterocycles. The van der Waals surface area contributed by atoms with E-state index in [1.807, 2.05) is 0 Å². The van der Waals surface area contributed by atoms with Gasteiger partial charge in [0.15, 0.2) is 0 Å². The van der Waals surface area contributed by atoms with Crippen LogP contribution in [0.1, 0.15) is 39.0 Å². The molecule has 0 bridgehead atoms. The van der Waals surface area contributed by atoms with Crippen molar-refractivity contribution in [3.8, 4) is 0 Å². The minimum absolute atomic E-state index is 0.450. The molecule has 0 amide bonds. The second kappa shape index (κ2) is 2.76. The summed E-state index contributed by atoms with van der Waals surface area (Å²) in [7, 11) is 0. The first-order valence-electron chi connectivity index (χ1n) is 4.91. The van der Waals surface area contributed by atoms with Gasteiger partial charge in [-0.3, -0.25) is 0 Å². The zero-order valence-corrected chi connectivity index (χ0v) is 7.22. The van der Waals surface area contributed by atoms with Gasteiger partial charge in [-0.1, -0.05) is 13.3 Å². The molecule has 2 fully saturated rings. The number of hydrogen-bond donors (Lipinski definition) is 0. The lowest BCUT2D eigenvalue weighted by atomic mass is 9.79. The maximum absolute atomic E-state index is 13.4. The lowest BCUT2D eigenvalue weighted by Crippen LogP contribution is -2.26. The van der Waals surface area contributed by atoms with Crippen molar-refractivity contribution in [3.63, 3.8) is 0 Å². The van der Waals surface area contributed by atoms with E-state index >= 15 is 0 Å². The molecule has 0 nitrogen and oxygen atoms in total. The SMILES string of the molecule is CC1CCC(C2CC2)C(F)C1. The van der Waals surface area contributed by atoms with Crippen LogP contribution in [0.15, 0.2) is 0 Å². The molecule has 0 radical (unpaired) electrons. The molecule has 0 aliphatic heterocycles. The quantitative estimate of drug-likeness (QED) is 0.547. The van der Waals surface area contributed by atoms with Crippen molar-refractivity contribution in [1.82, 2.24) is 0 Å². The van der Waals surface area contributed by atoms with Crippen molar-refractivity contribution in [1.29, 1.82) is 0 Å². The summed E-state index contributed by atoms with van der Waals surface area (Å²) in [6, 6.07) is 0. The zero-order valence-electron chi connectivity index (χ0n) is 7.22. The number of alkyl halides is 1. The predicted octanol–water partition coefficient (Wildman–Crippen LogP) is 3.17. The second-order valence-electron chi connectivity index (χ2n) is 4.44. The number of rotatable bonds is 1. The summed E-state index contributed by atoms with van der Waals surface area (Å²) < 4.78 is 13.4. The molecule has 0 spiro atoms. The van der Waals surface area contributed by atoms with Crippen molar-refractivity contribution in [2.75, 3.05) is 0 Å². The van der Waals surface area contributed by atoms with E-state index in [9.17, 15) is 4.39 Å². The predicted molar refractivity (Wildman–Crippen MR) is 44.1 cm³/mol. The third-order valence-corrected chi connectivity index (χ3v) is 3.31. The normalized spacial score (nSPS) is 45.8. The Morgan fingerprint density at radius 2 is 1.82 bits per heavy atom. The monoisotopic (exact) mass is 156 g/mol. The van der Waals surface area contributed by atoms with Crippen molar-refractivity contribution in [2.45, 2.75) is 45.2 Å². The Hall–Kier alpha value is -0.0700. The van der Waals surface area contributed by atoms with Gasteiger partial charge in [-0.05, 0) is 43.4 Å². The van der Waals surface area contributed by atoms with Crippen LogP contribution in [0.2, 0.25) is 0 Å². The zero-order chi connectivity index (χ0) is 7.84. The van der Waals surface area contributed by atoms with Gasteiger partial charge in [-0.2, -0.15) is 0 Å². The highest BCUT2D eigenvalue weighted by atomic mass is 19.1. The molecule has 11 heavy (non-hydrogen) atoms. The highest BCUT2D eigenvalue weighted by molar-refractivity contribution is 4.89. The lowest BCUT2D eigenvalue weighted by Gasteiger charge is -2.29. The maximum Gasteiger partial charge on any atom is 0.103 e. The van der Waals surface area contributed by atoms with E-state index < -0.39 is 6.17 Å². The van der Waals surface area contributed by atoms with Gasteiger partial charge in [0.05, 0.1) is 0 Å². The summed E-state index contributed by atoms with van der Waals surface area (Å²) in [6.45, 7) is 2.18. The van der Waals surface area contributed by atoms with Gasteiger partial charge in [0.25, 0.3) is 0 Å². The Morgan fingerprint density at radius 1 is 1.09 bits per heavy atom. The first-order valence-corrected chi connectivity index (χ1v) is 4.91. The molecule has 2 aliphatic carbocycles. The molecule has 3 unspecified atom stereocenters. The van der Waals surface area contributed by atoms with Crippen molar-refractivity contribution in [3.05, 3.63) is 0 Å². The summed E-state index contributed by atoms with van der Waals surface area (Å²) in [6.07, 6.45) is 5.40. The Bertz CT molecular complexity index is 140. The first-order chi connectivity index (χ1) is 5.27. The van der Waals surface area contributed by atoms with E-state index in [0.717, 1.165) is 18.8 Å². The fourth-order valence-electron chi connectivity index (χ4n) is 2.39. The summed E-state index contributed by atoms with van der Waals surface area (Å²) in [4.78, 5) is 0. The molecule has 0 N–H and O–H groups in total. The van der Waals surface area contributed by atoms with Crippen LogP contribution in [0.25, 0.3) is 0 Å². The number of hydrogen-bond acceptors (Lipinski definition) is 0. The van der Waals surface area contributed by atoms with Crippen LogP contribution in [0.5, 0.6) is 0 Å². The molecular formula is C10H17F. The Labute approximate surface area is 68.2 Å². The van der Waals surface area contributed by atoms with Gasteiger partial charge < -0.3 is 0 Å². The van der Waals surface area contributed by atoms with E-state index in [-0.39, 0.29) is 0 Å². The molecule has 64 valence electrons. The maximum atomic E-state index is 13.4. The third kappa shape index (κ3) is 1.57. The molecule has 0 aromatic rings. The Kier molecular flexibility index (Phi) is 1.90. The molecule has 2 aliphatic rings. The largest absolute Gasteiger partial charge is 0.247 e. The Balaban J connectivity index is 1.90. The van der Waals surface area contributed by atoms with Crippen molar-refractivity contribution >= 4 is 0 Å². The van der Waals surface area contributed by atoms with Crippen LogP contribution in [-0.4, -0.2) is 6.17 Å². The molecule has 2 rings (SSSR count). The molecule has 1 heteroatoms. The lowest BCUT2D eigenvalue weighted by molar-refractivity contribution is 0.117. The van der Waals surface area contributed by atoms with Gasteiger partial charge in [0.1, 0.15) is 6.17 Å². The molecular weight excluding hydrogens is 139 g/mol. The summed E-state index contributed by atoms with van der Waals surface area (Å²) in [5.41, 5.74) is 0. The molecule has 0 aromatic heterocycles. The topological polar surface area (TPSA) is 0 Å². The van der Waals surface area contributed by atoms with Crippen LogP contribution < -0.4 is 0 Å². The highest BCUT2D eigenvalue weighted by Gasteiger charge is 2.39. The fraction of sp³-hybridized carbons (Fsp3) is 1.00. The van der Waals surface area contributed by atoms with E-state index in [4.69, 9.17) is 0 Å². The van der Waals surface area contributed by atoms with E-state index in [2.05, 4.69) is 6.92 Å². The minimum atomic E-state index is -0.466. The van der Waals surface area contributed by atoms with Crippen LogP contribution >= 0.6 is 0 Å². The summed E-state index contributed by atoms with van der Waals surface area (Å²) >= 11 is 0. The molecule has 3 atom stereocenters. The van der Waals surface area contributed by atoms with Crippen LogP contribution in [0.4, 0.5) is 4.39 Å². The molecule has 2 saturated carbocycles. The average Bonchev–Trinajstić information content (AvgIpc) is 2.70. The van der Waals surface area contributed by atoms with Gasteiger partial charge in [0.2, 0.25) is 0 Å². The molecule has 0 saturated heterocycles. The van der Waals surface area contributed by atoms with Gasteiger partial charge >= 0.3 is 0 Å². The average molecular weight is 156 g/mol. The standard InChI is InChI=1S/C10H17F/c1-7-2-5-9(8-3-4-8)10(11)6-7/h7-10H,2-6H2,1H3. The third-order valence-electron chi connectivity index (χ3n) is 3.31. The van der Waals surface area contributed by atoms with E-state index in [1.165, 1.54) is 19.3 Å². The fourth-order valence-corrected chi connectivity index (χ4v) is 2.39. The van der Waals surface area contributed by atoms with E-state index in [1.54, 1.807) is 0 Å². The van der Waals surface area contributed by atoms with Crippen LogP contribution in [-0.2, 0) is 0 Å². The van der Waals surface area contributed by atoms with Gasteiger partial charge in [0, 0.05) is 0 Å².